The van der Waals surface area contributed by atoms with Crippen LogP contribution in [0.1, 0.15) is 32.6 Å². The first-order valence-electron chi connectivity index (χ1n) is 5.36. The second-order valence-electron chi connectivity index (χ2n) is 4.00. The van der Waals surface area contributed by atoms with Gasteiger partial charge in [-0.3, -0.25) is 0 Å². The summed E-state index contributed by atoms with van der Waals surface area (Å²) in [6, 6.07) is -0.0586. The summed E-state index contributed by atoms with van der Waals surface area (Å²) in [6.07, 6.45) is 4.57. The molecule has 0 fully saturated rings. The van der Waals surface area contributed by atoms with Gasteiger partial charge in [-0.15, -0.1) is 0 Å². The minimum atomic E-state index is -2.86. The largest absolute Gasteiger partial charge is 0.380 e. The molecule has 0 aliphatic carbocycles. The first-order valence-corrected chi connectivity index (χ1v) is 7.42. The van der Waals surface area contributed by atoms with E-state index in [0.717, 1.165) is 12.8 Å². The van der Waals surface area contributed by atoms with Crippen molar-refractivity contribution in [2.75, 3.05) is 19.1 Å². The van der Waals surface area contributed by atoms with Crippen LogP contribution < -0.4 is 5.73 Å². The standard InChI is InChI=1S/C10H23NO3S/c1-4-6-10(14-2)9(11)7-5-8-15(3,12)13/h9-10H,4-8,11H2,1-3H3. The lowest BCUT2D eigenvalue weighted by atomic mass is 10.0. The van der Waals surface area contributed by atoms with Gasteiger partial charge < -0.3 is 10.5 Å². The van der Waals surface area contributed by atoms with Crippen molar-refractivity contribution in [1.29, 1.82) is 0 Å². The summed E-state index contributed by atoms with van der Waals surface area (Å²) in [4.78, 5) is 0. The van der Waals surface area contributed by atoms with Crippen molar-refractivity contribution < 1.29 is 13.2 Å². The van der Waals surface area contributed by atoms with Crippen molar-refractivity contribution in [3.05, 3.63) is 0 Å². The molecule has 2 unspecified atom stereocenters. The first kappa shape index (κ1) is 14.9. The Bertz CT molecular complexity index is 251. The molecule has 0 bridgehead atoms. The van der Waals surface area contributed by atoms with Gasteiger partial charge in [0.05, 0.1) is 6.10 Å². The van der Waals surface area contributed by atoms with Crippen LogP contribution in [0, 0.1) is 0 Å². The van der Waals surface area contributed by atoms with E-state index in [2.05, 4.69) is 6.92 Å². The lowest BCUT2D eigenvalue weighted by Crippen LogP contribution is -2.36. The fourth-order valence-corrected chi connectivity index (χ4v) is 2.25. The van der Waals surface area contributed by atoms with Crippen molar-refractivity contribution in [2.45, 2.75) is 44.8 Å². The minimum absolute atomic E-state index is 0.0505. The van der Waals surface area contributed by atoms with Crippen LogP contribution in [0.25, 0.3) is 0 Å². The number of rotatable bonds is 8. The molecule has 0 aromatic rings. The highest BCUT2D eigenvalue weighted by atomic mass is 32.2. The second-order valence-corrected chi connectivity index (χ2v) is 6.26. The molecule has 15 heavy (non-hydrogen) atoms. The zero-order valence-electron chi connectivity index (χ0n) is 9.90. The Morgan fingerprint density at radius 2 is 1.93 bits per heavy atom. The summed E-state index contributed by atoms with van der Waals surface area (Å²) < 4.78 is 27.1. The molecule has 2 N–H and O–H groups in total. The molecule has 2 atom stereocenters. The molecular weight excluding hydrogens is 214 g/mol. The zero-order valence-corrected chi connectivity index (χ0v) is 10.7. The third kappa shape index (κ3) is 7.76. The molecule has 92 valence electrons. The summed E-state index contributed by atoms with van der Waals surface area (Å²) >= 11 is 0. The fraction of sp³-hybridized carbons (Fsp3) is 1.00. The topological polar surface area (TPSA) is 69.4 Å². The van der Waals surface area contributed by atoms with Gasteiger partial charge in [-0.05, 0) is 19.3 Å². The van der Waals surface area contributed by atoms with E-state index in [0.29, 0.717) is 12.8 Å². The predicted octanol–water partition coefficient (Wildman–Crippen LogP) is 0.954. The summed E-state index contributed by atoms with van der Waals surface area (Å²) in [6.45, 7) is 2.08. The van der Waals surface area contributed by atoms with Crippen molar-refractivity contribution >= 4 is 9.84 Å². The molecule has 0 spiro atoms. The van der Waals surface area contributed by atoms with Crippen LogP contribution in [-0.2, 0) is 14.6 Å². The average molecular weight is 237 g/mol. The lowest BCUT2D eigenvalue weighted by Gasteiger charge is -2.21. The summed E-state index contributed by atoms with van der Waals surface area (Å²) in [5.74, 6) is 0.212. The van der Waals surface area contributed by atoms with Crippen molar-refractivity contribution in [3.8, 4) is 0 Å². The van der Waals surface area contributed by atoms with E-state index in [-0.39, 0.29) is 17.9 Å². The van der Waals surface area contributed by atoms with Gasteiger partial charge in [0.1, 0.15) is 9.84 Å². The Hall–Kier alpha value is -0.130. The average Bonchev–Trinajstić information content (AvgIpc) is 2.11. The molecule has 0 radical (unpaired) electrons. The number of nitrogens with two attached hydrogens (primary N) is 1. The van der Waals surface area contributed by atoms with Gasteiger partial charge in [-0.25, -0.2) is 8.42 Å². The lowest BCUT2D eigenvalue weighted by molar-refractivity contribution is 0.0700. The first-order chi connectivity index (χ1) is 6.90. The highest BCUT2D eigenvalue weighted by molar-refractivity contribution is 7.90. The molecule has 0 aromatic heterocycles. The SMILES string of the molecule is CCCC(OC)C(N)CCCS(C)(=O)=O. The van der Waals surface area contributed by atoms with Crippen LogP contribution >= 0.6 is 0 Å². The van der Waals surface area contributed by atoms with E-state index in [1.54, 1.807) is 7.11 Å². The van der Waals surface area contributed by atoms with Crippen LogP contribution in [0.3, 0.4) is 0 Å². The Balaban J connectivity index is 3.85. The molecule has 0 rings (SSSR count). The molecule has 0 aromatic carbocycles. The molecule has 4 nitrogen and oxygen atoms in total. The second kappa shape index (κ2) is 7.19. The number of hydrogen-bond acceptors (Lipinski definition) is 4. The Morgan fingerprint density at radius 1 is 1.33 bits per heavy atom. The molecule has 0 aliphatic rings. The summed E-state index contributed by atoms with van der Waals surface area (Å²) in [5.41, 5.74) is 5.92. The normalized spacial score (nSPS) is 16.3. The van der Waals surface area contributed by atoms with Gasteiger partial charge in [0.2, 0.25) is 0 Å². The van der Waals surface area contributed by atoms with E-state index in [1.807, 2.05) is 0 Å². The van der Waals surface area contributed by atoms with Gasteiger partial charge in [0, 0.05) is 25.2 Å². The monoisotopic (exact) mass is 237 g/mol. The third-order valence-electron chi connectivity index (χ3n) is 2.41. The Morgan fingerprint density at radius 3 is 2.33 bits per heavy atom. The molecule has 0 saturated heterocycles. The van der Waals surface area contributed by atoms with Crippen LogP contribution in [0.5, 0.6) is 0 Å². The summed E-state index contributed by atoms with van der Waals surface area (Å²) in [5, 5.41) is 0. The number of methoxy groups -OCH3 is 1. The maximum absolute atomic E-state index is 10.9. The molecule has 0 saturated carbocycles. The number of ether oxygens (including phenoxy) is 1. The zero-order chi connectivity index (χ0) is 11.9. The van der Waals surface area contributed by atoms with Gasteiger partial charge in [-0.2, -0.15) is 0 Å². The number of hydrogen-bond donors (Lipinski definition) is 1. The summed E-state index contributed by atoms with van der Waals surface area (Å²) in [7, 11) is -1.21. The van der Waals surface area contributed by atoms with Gasteiger partial charge in [0.15, 0.2) is 0 Å². The van der Waals surface area contributed by atoms with Crippen LogP contribution in [-0.4, -0.2) is 39.7 Å². The molecule has 0 aliphatic heterocycles. The van der Waals surface area contributed by atoms with Crippen LogP contribution in [0.4, 0.5) is 0 Å². The Kier molecular flexibility index (Phi) is 7.13. The van der Waals surface area contributed by atoms with Crippen LogP contribution in [0.15, 0.2) is 0 Å². The highest BCUT2D eigenvalue weighted by Crippen LogP contribution is 2.09. The van der Waals surface area contributed by atoms with Gasteiger partial charge in [0.25, 0.3) is 0 Å². The maximum Gasteiger partial charge on any atom is 0.147 e. The van der Waals surface area contributed by atoms with Crippen molar-refractivity contribution in [1.82, 2.24) is 0 Å². The predicted molar refractivity (Wildman–Crippen MR) is 62.6 cm³/mol. The maximum atomic E-state index is 10.9. The van der Waals surface area contributed by atoms with E-state index >= 15 is 0 Å². The van der Waals surface area contributed by atoms with E-state index in [1.165, 1.54) is 6.26 Å². The van der Waals surface area contributed by atoms with Crippen molar-refractivity contribution in [2.24, 2.45) is 5.73 Å². The molecule has 0 amide bonds. The molecular formula is C10H23NO3S. The van der Waals surface area contributed by atoms with E-state index in [9.17, 15) is 8.42 Å². The van der Waals surface area contributed by atoms with Gasteiger partial charge in [-0.1, -0.05) is 13.3 Å². The smallest absolute Gasteiger partial charge is 0.147 e. The van der Waals surface area contributed by atoms with E-state index < -0.39 is 9.84 Å². The number of sulfone groups is 1. The fourth-order valence-electron chi connectivity index (χ4n) is 1.56. The van der Waals surface area contributed by atoms with Crippen molar-refractivity contribution in [3.63, 3.8) is 0 Å². The Labute approximate surface area is 93.1 Å². The third-order valence-corrected chi connectivity index (χ3v) is 3.44. The highest BCUT2D eigenvalue weighted by Gasteiger charge is 2.16. The minimum Gasteiger partial charge on any atom is -0.380 e. The molecule has 5 heteroatoms. The quantitative estimate of drug-likeness (QED) is 0.682. The van der Waals surface area contributed by atoms with Gasteiger partial charge >= 0.3 is 0 Å². The van der Waals surface area contributed by atoms with Crippen LogP contribution in [0.2, 0.25) is 0 Å². The van der Waals surface area contributed by atoms with E-state index in [4.69, 9.17) is 10.5 Å². The molecule has 0 heterocycles.